The smallest absolute Gasteiger partial charge is 0.335 e. The van der Waals surface area contributed by atoms with Crippen LogP contribution in [0.1, 0.15) is 55.4 Å². The molecule has 2 aromatic heterocycles. The predicted molar refractivity (Wildman–Crippen MR) is 153 cm³/mol. The number of hydrogen-bond acceptors (Lipinski definition) is 10. The van der Waals surface area contributed by atoms with Gasteiger partial charge in [-0.05, 0) is 42.3 Å². The van der Waals surface area contributed by atoms with Crippen molar-refractivity contribution in [3.05, 3.63) is 109 Å². The summed E-state index contributed by atoms with van der Waals surface area (Å²) in [7, 11) is 0. The lowest BCUT2D eigenvalue weighted by molar-refractivity contribution is 0.0696. The average Bonchev–Trinajstić information content (AvgIpc) is 3.38. The molecule has 14 nitrogen and oxygen atoms in total. The molecule has 8 N–H and O–H groups in total. The van der Waals surface area contributed by atoms with Crippen molar-refractivity contribution in [3.8, 4) is 0 Å². The second-order valence-corrected chi connectivity index (χ2v) is 9.56. The number of aromatic carboxylic acids is 1. The van der Waals surface area contributed by atoms with Gasteiger partial charge in [0.2, 0.25) is 0 Å². The molecular weight excluding hydrogens is 563 g/mol. The van der Waals surface area contributed by atoms with Gasteiger partial charge in [0.05, 0.1) is 17.3 Å². The maximum absolute atomic E-state index is 14.3. The van der Waals surface area contributed by atoms with E-state index in [9.17, 15) is 28.4 Å². The quantitative estimate of drug-likeness (QED) is 0.136. The Morgan fingerprint density at radius 1 is 1.00 bits per heavy atom. The van der Waals surface area contributed by atoms with Crippen LogP contribution in [0.3, 0.4) is 0 Å². The first kappa shape index (κ1) is 28.4. The van der Waals surface area contributed by atoms with Gasteiger partial charge in [0, 0.05) is 18.7 Å². The highest BCUT2D eigenvalue weighted by atomic mass is 19.1. The fourth-order valence-corrected chi connectivity index (χ4v) is 4.26. The molecule has 2 amide bonds. The van der Waals surface area contributed by atoms with Crippen molar-refractivity contribution in [3.63, 3.8) is 0 Å². The number of aromatic nitrogens is 3. The first-order chi connectivity index (χ1) is 20.4. The molecule has 0 unspecified atom stereocenters. The summed E-state index contributed by atoms with van der Waals surface area (Å²) < 4.78 is 15.5. The Morgan fingerprint density at radius 3 is 2.40 bits per heavy atom. The van der Waals surface area contributed by atoms with Crippen LogP contribution in [0.25, 0.3) is 5.65 Å². The van der Waals surface area contributed by atoms with Crippen LogP contribution < -0.4 is 38.3 Å². The number of fused-ring (bicyclic) bond motifs is 1. The Balaban J connectivity index is 1.34. The SMILES string of the molecule is C[C@H](NC(=O)c1cc(C(=O)NCc2ccc(F)c(Nc3c(N)c(=O)c3=O)c2)n2nc(N)cc2n1)c1ccc(C(=O)O)cc1. The fourth-order valence-electron chi connectivity index (χ4n) is 4.26. The summed E-state index contributed by atoms with van der Waals surface area (Å²) in [6.07, 6.45) is 0. The van der Waals surface area contributed by atoms with Crippen LogP contribution in [-0.2, 0) is 6.54 Å². The lowest BCUT2D eigenvalue weighted by atomic mass is 10.1. The maximum Gasteiger partial charge on any atom is 0.335 e. The predicted octanol–water partition coefficient (Wildman–Crippen LogP) is 1.49. The van der Waals surface area contributed by atoms with Crippen molar-refractivity contribution < 1.29 is 23.9 Å². The molecule has 0 aliphatic rings. The van der Waals surface area contributed by atoms with E-state index >= 15 is 0 Å². The van der Waals surface area contributed by atoms with Crippen LogP contribution >= 0.6 is 0 Å². The zero-order valence-corrected chi connectivity index (χ0v) is 22.3. The van der Waals surface area contributed by atoms with Gasteiger partial charge in [0.1, 0.15) is 34.4 Å². The molecule has 2 heterocycles. The molecule has 0 aliphatic heterocycles. The van der Waals surface area contributed by atoms with Crippen LogP contribution in [0.4, 0.5) is 27.3 Å². The highest BCUT2D eigenvalue weighted by molar-refractivity contribution is 5.98. The number of carboxylic acids is 1. The minimum absolute atomic E-state index is 0.0536. The average molecular weight is 587 g/mol. The number of nitrogen functional groups attached to an aromatic ring is 2. The summed E-state index contributed by atoms with van der Waals surface area (Å²) in [6.45, 7) is 1.60. The standard InChI is InChI=1S/C28H23FN8O6/c1-12(14-3-5-15(6-4-14)28(42)43)33-26(40)18-9-19(37-21(34-18)10-20(30)36-37)27(41)32-11-13-2-7-16(29)17(8-13)35-23-22(31)24(38)25(23)39/h2-10,12,35H,11,31H2,1H3,(H2,30,36)(H,32,41)(H,33,40)(H,42,43)/t12-/m0/s1. The minimum Gasteiger partial charge on any atom is -0.478 e. The Bertz CT molecular complexity index is 2000. The Morgan fingerprint density at radius 2 is 1.72 bits per heavy atom. The number of nitrogens with zero attached hydrogens (tertiary/aromatic N) is 3. The number of benzene rings is 2. The number of nitrogens with one attached hydrogen (secondary N) is 3. The van der Waals surface area contributed by atoms with Gasteiger partial charge in [0.25, 0.3) is 22.7 Å². The third-order valence-electron chi connectivity index (χ3n) is 6.61. The first-order valence-electron chi connectivity index (χ1n) is 12.7. The van der Waals surface area contributed by atoms with Crippen molar-refractivity contribution in [1.29, 1.82) is 0 Å². The minimum atomic E-state index is -1.08. The van der Waals surface area contributed by atoms with Crippen LogP contribution in [0, 0.1) is 5.82 Å². The number of halogens is 1. The number of anilines is 4. The molecule has 0 aliphatic carbocycles. The number of nitrogens with two attached hydrogens (primary N) is 2. The van der Waals surface area contributed by atoms with E-state index in [2.05, 4.69) is 26.0 Å². The van der Waals surface area contributed by atoms with E-state index in [1.165, 1.54) is 40.9 Å². The summed E-state index contributed by atoms with van der Waals surface area (Å²) in [6, 6.07) is 11.9. The third kappa shape index (κ3) is 5.58. The summed E-state index contributed by atoms with van der Waals surface area (Å²) in [5.74, 6) is -3.01. The van der Waals surface area contributed by atoms with Gasteiger partial charge >= 0.3 is 5.97 Å². The fraction of sp³-hybridized carbons (Fsp3) is 0.107. The number of amides is 2. The van der Waals surface area contributed by atoms with Gasteiger partial charge < -0.3 is 32.5 Å². The van der Waals surface area contributed by atoms with Gasteiger partial charge in [-0.3, -0.25) is 19.2 Å². The second-order valence-electron chi connectivity index (χ2n) is 9.56. The Hall–Kier alpha value is -6.12. The molecule has 5 aromatic rings. The van der Waals surface area contributed by atoms with E-state index in [-0.39, 0.29) is 52.0 Å². The normalized spacial score (nSPS) is 11.8. The van der Waals surface area contributed by atoms with Crippen LogP contribution in [0.5, 0.6) is 0 Å². The molecule has 3 aromatic carbocycles. The van der Waals surface area contributed by atoms with Gasteiger partial charge in [-0.15, -0.1) is 5.10 Å². The maximum atomic E-state index is 14.3. The largest absolute Gasteiger partial charge is 0.478 e. The first-order valence-corrected chi connectivity index (χ1v) is 12.7. The number of hydrogen-bond donors (Lipinski definition) is 6. The molecular formula is C28H23FN8O6. The number of carbonyl (C=O) groups is 3. The zero-order chi connectivity index (χ0) is 31.0. The number of carbonyl (C=O) groups excluding carboxylic acids is 2. The lowest BCUT2D eigenvalue weighted by Crippen LogP contribution is -2.36. The van der Waals surface area contributed by atoms with Gasteiger partial charge in [0.15, 0.2) is 5.65 Å². The summed E-state index contributed by atoms with van der Waals surface area (Å²) in [5, 5.41) is 21.1. The number of rotatable bonds is 9. The molecule has 0 spiro atoms. The van der Waals surface area contributed by atoms with Gasteiger partial charge in [-0.25, -0.2) is 18.7 Å². The van der Waals surface area contributed by atoms with Gasteiger partial charge in [-0.2, -0.15) is 0 Å². The highest BCUT2D eigenvalue weighted by Crippen LogP contribution is 2.23. The molecule has 0 saturated carbocycles. The molecule has 5 rings (SSSR count). The van der Waals surface area contributed by atoms with Crippen molar-refractivity contribution in [2.75, 3.05) is 16.8 Å². The Labute approximate surface area is 240 Å². The molecule has 0 bridgehead atoms. The number of carboxylic acid groups (broad SMARTS) is 1. The third-order valence-corrected chi connectivity index (χ3v) is 6.61. The van der Waals surface area contributed by atoms with E-state index in [1.807, 2.05) is 0 Å². The molecule has 43 heavy (non-hydrogen) atoms. The zero-order valence-electron chi connectivity index (χ0n) is 22.3. The molecule has 0 saturated heterocycles. The van der Waals surface area contributed by atoms with Crippen molar-refractivity contribution in [2.24, 2.45) is 0 Å². The second kappa shape index (κ2) is 11.0. The van der Waals surface area contributed by atoms with E-state index in [1.54, 1.807) is 19.1 Å². The van der Waals surface area contributed by atoms with Crippen LogP contribution in [0.15, 0.2) is 64.2 Å². The van der Waals surface area contributed by atoms with E-state index in [4.69, 9.17) is 16.6 Å². The summed E-state index contributed by atoms with van der Waals surface area (Å²) >= 11 is 0. The van der Waals surface area contributed by atoms with E-state index < -0.39 is 40.5 Å². The van der Waals surface area contributed by atoms with Crippen molar-refractivity contribution >= 4 is 46.3 Å². The Kier molecular flexibility index (Phi) is 7.29. The van der Waals surface area contributed by atoms with Gasteiger partial charge in [-0.1, -0.05) is 18.2 Å². The topological polar surface area (TPSA) is 224 Å². The van der Waals surface area contributed by atoms with Crippen molar-refractivity contribution in [2.45, 2.75) is 19.5 Å². The molecule has 0 fully saturated rings. The molecule has 1 atom stereocenters. The summed E-state index contributed by atoms with van der Waals surface area (Å²) in [5.41, 5.74) is 10.1. The van der Waals surface area contributed by atoms with Crippen molar-refractivity contribution in [1.82, 2.24) is 25.2 Å². The molecule has 218 valence electrons. The van der Waals surface area contributed by atoms with Crippen LogP contribution in [0.2, 0.25) is 0 Å². The van der Waals surface area contributed by atoms with E-state index in [0.717, 1.165) is 6.07 Å². The summed E-state index contributed by atoms with van der Waals surface area (Å²) in [4.78, 5) is 64.8. The van der Waals surface area contributed by atoms with E-state index in [0.29, 0.717) is 11.1 Å². The molecule has 15 heteroatoms. The monoisotopic (exact) mass is 586 g/mol. The highest BCUT2D eigenvalue weighted by Gasteiger charge is 2.21. The lowest BCUT2D eigenvalue weighted by Gasteiger charge is -2.15. The van der Waals surface area contributed by atoms with Crippen LogP contribution in [-0.4, -0.2) is 37.5 Å². The molecule has 0 radical (unpaired) electrons.